The summed E-state index contributed by atoms with van der Waals surface area (Å²) in [5.41, 5.74) is 0.822. The first-order valence-electron chi connectivity index (χ1n) is 8.00. The van der Waals surface area contributed by atoms with Crippen molar-refractivity contribution in [2.45, 2.75) is 18.9 Å². The standard InChI is InChI=1S/C17H19FN4O3/c1-24-16-7-6-15(21-22-16)17(23)20-11-4-5-14(13(18)9-11)19-10-12-3-2-8-25-12/h4-7,9,12,19H,2-3,8,10H2,1H3,(H,20,23)/t12-/m1/s1. The van der Waals surface area contributed by atoms with Crippen LogP contribution in [0, 0.1) is 5.82 Å². The van der Waals surface area contributed by atoms with Crippen LogP contribution in [0.3, 0.4) is 0 Å². The summed E-state index contributed by atoms with van der Waals surface area (Å²) in [4.78, 5) is 12.1. The summed E-state index contributed by atoms with van der Waals surface area (Å²) in [6.45, 7) is 1.32. The molecule has 2 N–H and O–H groups in total. The van der Waals surface area contributed by atoms with Crippen molar-refractivity contribution in [3.05, 3.63) is 41.8 Å². The highest BCUT2D eigenvalue weighted by atomic mass is 19.1. The van der Waals surface area contributed by atoms with Gasteiger partial charge in [-0.3, -0.25) is 4.79 Å². The average Bonchev–Trinajstić information content (AvgIpc) is 3.14. The minimum atomic E-state index is -0.477. The number of carbonyl (C=O) groups excluding carboxylic acids is 1. The molecule has 0 bridgehead atoms. The van der Waals surface area contributed by atoms with Crippen molar-refractivity contribution in [2.24, 2.45) is 0 Å². The Kier molecular flexibility index (Phi) is 5.39. The Morgan fingerprint density at radius 1 is 1.36 bits per heavy atom. The molecule has 0 saturated carbocycles. The molecular formula is C17H19FN4O3. The monoisotopic (exact) mass is 346 g/mol. The van der Waals surface area contributed by atoms with Gasteiger partial charge in [0, 0.05) is 24.9 Å². The van der Waals surface area contributed by atoms with Gasteiger partial charge in [-0.25, -0.2) is 4.39 Å². The second-order valence-electron chi connectivity index (χ2n) is 5.63. The highest BCUT2D eigenvalue weighted by Crippen LogP contribution is 2.21. The zero-order valence-corrected chi connectivity index (χ0v) is 13.8. The Balaban J connectivity index is 1.60. The summed E-state index contributed by atoms with van der Waals surface area (Å²) in [5, 5.41) is 13.1. The fourth-order valence-electron chi connectivity index (χ4n) is 2.51. The highest BCUT2D eigenvalue weighted by molar-refractivity contribution is 6.02. The number of nitrogens with one attached hydrogen (secondary N) is 2. The third kappa shape index (κ3) is 4.42. The van der Waals surface area contributed by atoms with Gasteiger partial charge in [-0.1, -0.05) is 0 Å². The zero-order chi connectivity index (χ0) is 17.6. The van der Waals surface area contributed by atoms with Gasteiger partial charge in [-0.15, -0.1) is 10.2 Å². The lowest BCUT2D eigenvalue weighted by atomic mass is 10.2. The van der Waals surface area contributed by atoms with E-state index in [0.717, 1.165) is 19.4 Å². The molecule has 1 aliphatic rings. The number of ether oxygens (including phenoxy) is 2. The summed E-state index contributed by atoms with van der Waals surface area (Å²) in [6, 6.07) is 7.47. The van der Waals surface area contributed by atoms with Gasteiger partial charge >= 0.3 is 0 Å². The topological polar surface area (TPSA) is 85.4 Å². The van der Waals surface area contributed by atoms with Crippen LogP contribution in [0.5, 0.6) is 5.88 Å². The summed E-state index contributed by atoms with van der Waals surface area (Å²) in [5.74, 6) is -0.615. The Bertz CT molecular complexity index is 733. The third-order valence-corrected chi connectivity index (χ3v) is 3.85. The van der Waals surface area contributed by atoms with Crippen LogP contribution >= 0.6 is 0 Å². The molecule has 7 nitrogen and oxygen atoms in total. The first kappa shape index (κ1) is 17.1. The molecule has 1 aromatic heterocycles. The van der Waals surface area contributed by atoms with Gasteiger partial charge in [-0.2, -0.15) is 0 Å². The van der Waals surface area contributed by atoms with E-state index in [1.165, 1.54) is 25.3 Å². The number of anilines is 2. The predicted molar refractivity (Wildman–Crippen MR) is 90.4 cm³/mol. The number of aromatic nitrogens is 2. The first-order valence-corrected chi connectivity index (χ1v) is 8.00. The lowest BCUT2D eigenvalue weighted by Crippen LogP contribution is -2.19. The molecule has 2 heterocycles. The molecule has 1 atom stereocenters. The van der Waals surface area contributed by atoms with Crippen molar-refractivity contribution in [1.82, 2.24) is 10.2 Å². The number of rotatable bonds is 6. The van der Waals surface area contributed by atoms with Gasteiger partial charge in [0.05, 0.1) is 18.9 Å². The predicted octanol–water partition coefficient (Wildman–Crippen LogP) is 2.47. The molecule has 0 spiro atoms. The van der Waals surface area contributed by atoms with Crippen LogP contribution in [0.15, 0.2) is 30.3 Å². The number of carbonyl (C=O) groups is 1. The van der Waals surface area contributed by atoms with Crippen LogP contribution in [0.1, 0.15) is 23.3 Å². The number of methoxy groups -OCH3 is 1. The van der Waals surface area contributed by atoms with Crippen LogP contribution in [0.25, 0.3) is 0 Å². The number of hydrogen-bond donors (Lipinski definition) is 2. The van der Waals surface area contributed by atoms with E-state index in [0.29, 0.717) is 23.8 Å². The maximum atomic E-state index is 14.2. The number of halogens is 1. The van der Waals surface area contributed by atoms with E-state index in [2.05, 4.69) is 20.8 Å². The highest BCUT2D eigenvalue weighted by Gasteiger charge is 2.16. The summed E-state index contributed by atoms with van der Waals surface area (Å²) in [7, 11) is 1.46. The molecule has 0 aliphatic carbocycles. The largest absolute Gasteiger partial charge is 0.480 e. The smallest absolute Gasteiger partial charge is 0.276 e. The lowest BCUT2D eigenvalue weighted by Gasteiger charge is -2.13. The fraction of sp³-hybridized carbons (Fsp3) is 0.353. The molecule has 0 radical (unpaired) electrons. The van der Waals surface area contributed by atoms with Crippen LogP contribution < -0.4 is 15.4 Å². The van der Waals surface area contributed by atoms with Crippen molar-refractivity contribution in [3.63, 3.8) is 0 Å². The first-order chi connectivity index (χ1) is 12.2. The lowest BCUT2D eigenvalue weighted by molar-refractivity contribution is 0.102. The van der Waals surface area contributed by atoms with Crippen LogP contribution in [0.2, 0.25) is 0 Å². The second-order valence-corrected chi connectivity index (χ2v) is 5.63. The Hall–Kier alpha value is -2.74. The number of nitrogens with zero attached hydrogens (tertiary/aromatic N) is 2. The van der Waals surface area contributed by atoms with Crippen LogP contribution in [0.4, 0.5) is 15.8 Å². The Morgan fingerprint density at radius 3 is 2.88 bits per heavy atom. The molecule has 2 aromatic rings. The van der Waals surface area contributed by atoms with Crippen molar-refractivity contribution in [3.8, 4) is 5.88 Å². The zero-order valence-electron chi connectivity index (χ0n) is 13.8. The van der Waals surface area contributed by atoms with E-state index >= 15 is 0 Å². The van der Waals surface area contributed by atoms with E-state index in [1.54, 1.807) is 12.1 Å². The Labute approximate surface area is 144 Å². The summed E-state index contributed by atoms with van der Waals surface area (Å²) >= 11 is 0. The SMILES string of the molecule is COc1ccc(C(=O)Nc2ccc(NC[C@H]3CCCO3)c(F)c2)nn1. The average molecular weight is 346 g/mol. The Morgan fingerprint density at radius 2 is 2.24 bits per heavy atom. The summed E-state index contributed by atoms with van der Waals surface area (Å²) < 4.78 is 24.6. The van der Waals surface area contributed by atoms with Crippen LogP contribution in [-0.2, 0) is 4.74 Å². The maximum Gasteiger partial charge on any atom is 0.276 e. The van der Waals surface area contributed by atoms with E-state index in [-0.39, 0.29) is 11.8 Å². The van der Waals surface area contributed by atoms with Crippen LogP contribution in [-0.4, -0.2) is 42.5 Å². The molecule has 3 rings (SSSR count). The molecule has 8 heteroatoms. The van der Waals surface area contributed by atoms with E-state index in [4.69, 9.17) is 9.47 Å². The van der Waals surface area contributed by atoms with Gasteiger partial charge in [-0.05, 0) is 37.1 Å². The number of hydrogen-bond acceptors (Lipinski definition) is 6. The van der Waals surface area contributed by atoms with Crippen molar-refractivity contribution < 1.29 is 18.7 Å². The molecule has 132 valence electrons. The van der Waals surface area contributed by atoms with Gasteiger partial charge in [0.1, 0.15) is 5.82 Å². The minimum Gasteiger partial charge on any atom is -0.480 e. The normalized spacial score (nSPS) is 16.5. The summed E-state index contributed by atoms with van der Waals surface area (Å²) in [6.07, 6.45) is 2.13. The molecule has 1 saturated heterocycles. The van der Waals surface area contributed by atoms with Crippen molar-refractivity contribution in [1.29, 1.82) is 0 Å². The molecule has 1 aromatic carbocycles. The minimum absolute atomic E-state index is 0.113. The number of amides is 1. The fourth-order valence-corrected chi connectivity index (χ4v) is 2.51. The van der Waals surface area contributed by atoms with Crippen molar-refractivity contribution in [2.75, 3.05) is 30.9 Å². The van der Waals surface area contributed by atoms with Crippen molar-refractivity contribution >= 4 is 17.3 Å². The maximum absolute atomic E-state index is 14.2. The van der Waals surface area contributed by atoms with Gasteiger partial charge in [0.25, 0.3) is 5.91 Å². The van der Waals surface area contributed by atoms with E-state index in [1.807, 2.05) is 0 Å². The van der Waals surface area contributed by atoms with Gasteiger partial charge in [0.2, 0.25) is 5.88 Å². The second kappa shape index (κ2) is 7.89. The molecule has 25 heavy (non-hydrogen) atoms. The van der Waals surface area contributed by atoms with E-state index in [9.17, 15) is 9.18 Å². The molecule has 1 amide bonds. The van der Waals surface area contributed by atoms with Gasteiger partial charge < -0.3 is 20.1 Å². The molecule has 1 fully saturated rings. The quantitative estimate of drug-likeness (QED) is 0.836. The third-order valence-electron chi connectivity index (χ3n) is 3.85. The number of benzene rings is 1. The molecule has 1 aliphatic heterocycles. The van der Waals surface area contributed by atoms with Gasteiger partial charge in [0.15, 0.2) is 5.69 Å². The van der Waals surface area contributed by atoms with E-state index < -0.39 is 11.7 Å². The molecule has 0 unspecified atom stereocenters. The molecular weight excluding hydrogens is 327 g/mol.